The van der Waals surface area contributed by atoms with Crippen LogP contribution in [0.5, 0.6) is 5.75 Å². The number of carboxylic acid groups (broad SMARTS) is 1. The number of ether oxygens (including phenoxy) is 1. The van der Waals surface area contributed by atoms with Crippen LogP contribution in [-0.2, 0) is 11.2 Å². The summed E-state index contributed by atoms with van der Waals surface area (Å²) >= 11 is 0. The van der Waals surface area contributed by atoms with Gasteiger partial charge in [0.1, 0.15) is 17.4 Å². The summed E-state index contributed by atoms with van der Waals surface area (Å²) in [5.41, 5.74) is 1.68. The number of nitrogens with zero attached hydrogens (tertiary/aromatic N) is 2. The van der Waals surface area contributed by atoms with Gasteiger partial charge in [0.2, 0.25) is 0 Å². The molecule has 1 fully saturated rings. The van der Waals surface area contributed by atoms with E-state index in [0.29, 0.717) is 44.5 Å². The van der Waals surface area contributed by atoms with E-state index in [-0.39, 0.29) is 23.8 Å². The number of methoxy groups -OCH3 is 1. The zero-order valence-electron chi connectivity index (χ0n) is 21.1. The third kappa shape index (κ3) is 6.81. The number of fused-ring (bicyclic) bond motifs is 1. The molecule has 1 aromatic heterocycles. The fraction of sp³-hybridized carbons (Fsp3) is 0.448. The molecule has 198 valence electrons. The number of piperidine rings is 1. The number of likely N-dealkylation sites (tertiary alicyclic amines) is 1. The molecule has 0 aliphatic carbocycles. The number of rotatable bonds is 11. The Labute approximate surface area is 215 Å². The Morgan fingerprint density at radius 1 is 1.19 bits per heavy atom. The largest absolute Gasteiger partial charge is 0.497 e. The Morgan fingerprint density at radius 2 is 1.97 bits per heavy atom. The Hall–Kier alpha value is -3.10. The van der Waals surface area contributed by atoms with Crippen LogP contribution in [0.25, 0.3) is 10.9 Å². The number of benzene rings is 2. The van der Waals surface area contributed by atoms with Gasteiger partial charge in [-0.2, -0.15) is 0 Å². The van der Waals surface area contributed by atoms with Gasteiger partial charge in [-0.05, 0) is 99.0 Å². The smallest absolute Gasteiger partial charge is 0.303 e. The molecule has 2 aromatic carbocycles. The van der Waals surface area contributed by atoms with Crippen LogP contribution < -0.4 is 4.74 Å². The highest BCUT2D eigenvalue weighted by Crippen LogP contribution is 2.35. The van der Waals surface area contributed by atoms with Gasteiger partial charge in [0, 0.05) is 30.1 Å². The van der Waals surface area contributed by atoms with Crippen LogP contribution in [0.2, 0.25) is 0 Å². The number of carboxylic acids is 1. The monoisotopic (exact) mass is 512 g/mol. The van der Waals surface area contributed by atoms with Crippen LogP contribution >= 0.6 is 0 Å². The highest BCUT2D eigenvalue weighted by atomic mass is 19.1. The van der Waals surface area contributed by atoms with Gasteiger partial charge in [-0.3, -0.25) is 9.78 Å². The lowest BCUT2D eigenvalue weighted by Crippen LogP contribution is -2.42. The zero-order chi connectivity index (χ0) is 26.4. The first kappa shape index (κ1) is 26.9. The molecule has 2 N–H and O–H groups in total. The summed E-state index contributed by atoms with van der Waals surface area (Å²) in [7, 11) is 1.60. The number of hydrogen-bond donors (Lipinski definition) is 2. The van der Waals surface area contributed by atoms with E-state index in [4.69, 9.17) is 4.74 Å². The van der Waals surface area contributed by atoms with Gasteiger partial charge in [-0.15, -0.1) is 0 Å². The minimum Gasteiger partial charge on any atom is -0.497 e. The van der Waals surface area contributed by atoms with Crippen molar-refractivity contribution >= 4 is 16.9 Å². The number of hydrogen-bond acceptors (Lipinski definition) is 5. The Bertz CT molecular complexity index is 1200. The summed E-state index contributed by atoms with van der Waals surface area (Å²) in [5, 5.41) is 21.4. The fourth-order valence-electron chi connectivity index (χ4n) is 5.54. The van der Waals surface area contributed by atoms with Crippen LogP contribution in [0.4, 0.5) is 8.78 Å². The predicted molar refractivity (Wildman–Crippen MR) is 137 cm³/mol. The first-order valence-corrected chi connectivity index (χ1v) is 12.8. The van der Waals surface area contributed by atoms with Crippen molar-refractivity contribution in [1.82, 2.24) is 9.88 Å². The number of aliphatic hydroxyl groups excluding tert-OH is 1. The van der Waals surface area contributed by atoms with Crippen LogP contribution in [0.15, 0.2) is 48.7 Å². The normalized spacial score (nSPS) is 19.1. The topological polar surface area (TPSA) is 82.9 Å². The fourth-order valence-corrected chi connectivity index (χ4v) is 5.54. The number of pyridine rings is 1. The van der Waals surface area contributed by atoms with Crippen LogP contribution in [0.3, 0.4) is 0 Å². The first-order chi connectivity index (χ1) is 17.9. The van der Waals surface area contributed by atoms with Gasteiger partial charge in [-0.1, -0.05) is 6.07 Å². The second-order valence-electron chi connectivity index (χ2n) is 9.89. The molecule has 0 radical (unpaired) electrons. The van der Waals surface area contributed by atoms with Gasteiger partial charge >= 0.3 is 5.97 Å². The van der Waals surface area contributed by atoms with E-state index in [9.17, 15) is 23.8 Å². The van der Waals surface area contributed by atoms with Gasteiger partial charge in [0.05, 0.1) is 18.7 Å². The van der Waals surface area contributed by atoms with Crippen LogP contribution in [-0.4, -0.2) is 52.8 Å². The Balaban J connectivity index is 1.35. The van der Waals surface area contributed by atoms with Gasteiger partial charge in [0.25, 0.3) is 0 Å². The summed E-state index contributed by atoms with van der Waals surface area (Å²) < 4.78 is 33.2. The summed E-state index contributed by atoms with van der Waals surface area (Å²) in [5.74, 6) is -1.06. The highest BCUT2D eigenvalue weighted by molar-refractivity contribution is 5.83. The van der Waals surface area contributed by atoms with E-state index in [1.54, 1.807) is 13.3 Å². The second-order valence-corrected chi connectivity index (χ2v) is 9.89. The van der Waals surface area contributed by atoms with Gasteiger partial charge < -0.3 is 19.8 Å². The van der Waals surface area contributed by atoms with E-state index < -0.39 is 23.7 Å². The summed E-state index contributed by atoms with van der Waals surface area (Å²) in [4.78, 5) is 18.2. The predicted octanol–water partition coefficient (Wildman–Crippen LogP) is 5.38. The molecule has 1 saturated heterocycles. The molecule has 2 heterocycles. The third-order valence-electron chi connectivity index (χ3n) is 7.53. The number of carbonyl (C=O) groups is 1. The van der Waals surface area contributed by atoms with Crippen molar-refractivity contribution in [1.29, 1.82) is 0 Å². The van der Waals surface area contributed by atoms with E-state index in [1.165, 1.54) is 18.2 Å². The Kier molecular flexibility index (Phi) is 9.05. The molecule has 6 nitrogen and oxygen atoms in total. The van der Waals surface area contributed by atoms with Gasteiger partial charge in [-0.25, -0.2) is 8.78 Å². The van der Waals surface area contributed by atoms with Crippen LogP contribution in [0, 0.1) is 23.5 Å². The zero-order valence-corrected chi connectivity index (χ0v) is 21.1. The average molecular weight is 513 g/mol. The van der Waals surface area contributed by atoms with Crippen molar-refractivity contribution in [2.24, 2.45) is 11.8 Å². The molecule has 3 atom stereocenters. The van der Waals surface area contributed by atoms with Crippen molar-refractivity contribution in [2.45, 2.75) is 44.6 Å². The molecule has 1 aliphatic rings. The maximum atomic E-state index is 13.9. The van der Waals surface area contributed by atoms with Crippen molar-refractivity contribution in [3.05, 3.63) is 71.4 Å². The van der Waals surface area contributed by atoms with Crippen molar-refractivity contribution in [2.75, 3.05) is 26.7 Å². The molecule has 8 heteroatoms. The first-order valence-electron chi connectivity index (χ1n) is 12.8. The van der Waals surface area contributed by atoms with Crippen LogP contribution in [0.1, 0.15) is 49.3 Å². The lowest BCUT2D eigenvalue weighted by Gasteiger charge is -2.38. The summed E-state index contributed by atoms with van der Waals surface area (Å²) in [6.07, 6.45) is 4.00. The standard InChI is InChI=1S/C29H34F2N2O4/c1-37-21-8-9-27-24(17-21)22(11-13-32-27)28(34)10-7-19-12-15-33(18-20(19)16-29(35)36)14-3-4-23-25(30)5-2-6-26(23)31/h2,5-6,8-9,11,13,17,19-20,28,34H,3-4,7,10,12,14-16,18H2,1H3,(H,35,36)/t19-,20+,28+/m1/s1. The minimum atomic E-state index is -0.835. The SMILES string of the molecule is COc1ccc2nccc([C@@H](O)CC[C@@H]3CCN(CCCc4c(F)cccc4F)C[C@@H]3CC(=O)O)c2c1. The van der Waals surface area contributed by atoms with E-state index in [0.717, 1.165) is 29.4 Å². The highest BCUT2D eigenvalue weighted by Gasteiger charge is 2.31. The summed E-state index contributed by atoms with van der Waals surface area (Å²) in [6.45, 7) is 2.08. The molecule has 37 heavy (non-hydrogen) atoms. The maximum Gasteiger partial charge on any atom is 0.303 e. The summed E-state index contributed by atoms with van der Waals surface area (Å²) in [6, 6.07) is 11.3. The number of aliphatic carboxylic acids is 1. The molecule has 0 unspecified atom stereocenters. The van der Waals surface area contributed by atoms with Gasteiger partial charge in [0.15, 0.2) is 0 Å². The molecule has 3 aromatic rings. The number of halogens is 2. The second kappa shape index (κ2) is 12.4. The number of aromatic nitrogens is 1. The third-order valence-corrected chi connectivity index (χ3v) is 7.53. The molecule has 0 bridgehead atoms. The molecule has 4 rings (SSSR count). The Morgan fingerprint density at radius 3 is 2.70 bits per heavy atom. The van der Waals surface area contributed by atoms with E-state index in [1.807, 2.05) is 24.3 Å². The van der Waals surface area contributed by atoms with E-state index >= 15 is 0 Å². The molecule has 1 aliphatic heterocycles. The lowest BCUT2D eigenvalue weighted by molar-refractivity contribution is -0.139. The maximum absolute atomic E-state index is 13.9. The minimum absolute atomic E-state index is 0.0436. The van der Waals surface area contributed by atoms with Crippen molar-refractivity contribution in [3.63, 3.8) is 0 Å². The average Bonchev–Trinajstić information content (AvgIpc) is 2.88. The van der Waals surface area contributed by atoms with E-state index in [2.05, 4.69) is 9.88 Å². The molecular weight excluding hydrogens is 478 g/mol. The molecular formula is C29H34F2N2O4. The number of aliphatic hydroxyl groups is 1. The molecule has 0 amide bonds. The van der Waals surface area contributed by atoms with Crippen molar-refractivity contribution < 1.29 is 28.5 Å². The molecule has 0 spiro atoms. The quantitative estimate of drug-likeness (QED) is 0.359. The van der Waals surface area contributed by atoms with Crippen molar-refractivity contribution in [3.8, 4) is 5.75 Å². The molecule has 0 saturated carbocycles. The lowest BCUT2D eigenvalue weighted by atomic mass is 9.79.